The molecule has 0 radical (unpaired) electrons. The van der Waals surface area contributed by atoms with Crippen LogP contribution in [0.1, 0.15) is 19.8 Å². The van der Waals surface area contributed by atoms with Crippen LogP contribution in [0.5, 0.6) is 0 Å². The number of hydrogen-bond donors (Lipinski definition) is 0. The van der Waals surface area contributed by atoms with E-state index in [1.54, 1.807) is 0 Å². The molecule has 0 saturated carbocycles. The molecule has 1 heterocycles. The Bertz CT molecular complexity index is 354. The third-order valence-electron chi connectivity index (χ3n) is 3.79. The summed E-state index contributed by atoms with van der Waals surface area (Å²) in [7, 11) is 1.09. The van der Waals surface area contributed by atoms with Crippen molar-refractivity contribution < 1.29 is 8.42 Å². The lowest BCUT2D eigenvalue weighted by molar-refractivity contribution is 0.109. The average Bonchev–Trinajstić information content (AvgIpc) is 2.30. The minimum Gasteiger partial charge on any atom is -0.304 e. The van der Waals surface area contributed by atoms with Crippen LogP contribution in [0.3, 0.4) is 0 Å². The number of hydrogen-bond acceptors (Lipinski definition) is 4. The molecular weight excluding hydrogens is 236 g/mol. The van der Waals surface area contributed by atoms with Gasteiger partial charge in [0, 0.05) is 24.0 Å². The average molecular weight is 260 g/mol. The second-order valence-electron chi connectivity index (χ2n) is 5.02. The summed E-state index contributed by atoms with van der Waals surface area (Å²) >= 11 is 0. The summed E-state index contributed by atoms with van der Waals surface area (Å²) in [6.45, 7) is 7.23. The minimum atomic E-state index is -3.07. The van der Waals surface area contributed by atoms with Gasteiger partial charge in [-0.2, -0.15) is 0 Å². The zero-order valence-electron chi connectivity index (χ0n) is 11.1. The summed E-state index contributed by atoms with van der Waals surface area (Å²) in [6, 6.07) is 1.08. The van der Waals surface area contributed by atoms with Crippen LogP contribution in [-0.4, -0.2) is 63.2 Å². The second-order valence-corrected chi connectivity index (χ2v) is 7.09. The quantitative estimate of drug-likeness (QED) is 0.738. The van der Waals surface area contributed by atoms with E-state index in [2.05, 4.69) is 30.4 Å². The molecule has 1 rings (SSSR count). The summed E-state index contributed by atoms with van der Waals surface area (Å²) in [4.78, 5) is 4.52. The van der Waals surface area contributed by atoms with Crippen molar-refractivity contribution in [3.8, 4) is 0 Å². The Morgan fingerprint density at radius 2 is 2.18 bits per heavy atom. The molecule has 0 amide bonds. The van der Waals surface area contributed by atoms with Crippen molar-refractivity contribution in [3.63, 3.8) is 0 Å². The lowest BCUT2D eigenvalue weighted by Crippen LogP contribution is -2.47. The minimum absolute atomic E-state index is 0.174. The molecular formula is C12H24N2O2S. The summed E-state index contributed by atoms with van der Waals surface area (Å²) in [5, 5.41) is 1.05. The highest BCUT2D eigenvalue weighted by Gasteiger charge is 2.25. The van der Waals surface area contributed by atoms with Crippen molar-refractivity contribution >= 4 is 9.84 Å². The van der Waals surface area contributed by atoms with Crippen LogP contribution in [0, 0.1) is 0 Å². The third-order valence-corrected chi connectivity index (χ3v) is 5.05. The van der Waals surface area contributed by atoms with Gasteiger partial charge >= 0.3 is 0 Å². The molecule has 0 aromatic heterocycles. The van der Waals surface area contributed by atoms with E-state index in [1.165, 1.54) is 0 Å². The van der Waals surface area contributed by atoms with Crippen molar-refractivity contribution in [1.29, 1.82) is 0 Å². The Kier molecular flexibility index (Phi) is 5.16. The first-order valence-corrected chi connectivity index (χ1v) is 7.83. The van der Waals surface area contributed by atoms with Gasteiger partial charge in [0.2, 0.25) is 0 Å². The van der Waals surface area contributed by atoms with Gasteiger partial charge in [0.1, 0.15) is 0 Å². The highest BCUT2D eigenvalue weighted by atomic mass is 32.2. The van der Waals surface area contributed by atoms with Gasteiger partial charge in [-0.1, -0.05) is 6.58 Å². The van der Waals surface area contributed by atoms with E-state index in [4.69, 9.17) is 0 Å². The fourth-order valence-electron chi connectivity index (χ4n) is 2.20. The molecule has 0 aromatic carbocycles. The molecule has 1 aliphatic rings. The van der Waals surface area contributed by atoms with Gasteiger partial charge in [-0.05, 0) is 40.4 Å². The Balaban J connectivity index is 2.43. The van der Waals surface area contributed by atoms with Crippen LogP contribution < -0.4 is 0 Å². The number of nitrogens with zero attached hydrogens (tertiary/aromatic N) is 2. The van der Waals surface area contributed by atoms with Gasteiger partial charge in [-0.15, -0.1) is 0 Å². The molecule has 2 atom stereocenters. The molecule has 2 unspecified atom stereocenters. The lowest BCUT2D eigenvalue weighted by Gasteiger charge is -2.39. The van der Waals surface area contributed by atoms with E-state index in [9.17, 15) is 8.42 Å². The topological polar surface area (TPSA) is 40.6 Å². The first-order valence-electron chi connectivity index (χ1n) is 6.11. The number of rotatable bonds is 5. The zero-order chi connectivity index (χ0) is 13.1. The maximum atomic E-state index is 11.3. The van der Waals surface area contributed by atoms with Gasteiger partial charge in [0.25, 0.3) is 0 Å². The van der Waals surface area contributed by atoms with Gasteiger partial charge in [-0.3, -0.25) is 0 Å². The highest BCUT2D eigenvalue weighted by molar-refractivity contribution is 7.94. The van der Waals surface area contributed by atoms with Crippen molar-refractivity contribution in [2.24, 2.45) is 0 Å². The summed E-state index contributed by atoms with van der Waals surface area (Å²) in [6.07, 6.45) is 2.23. The molecule has 1 saturated heterocycles. The number of piperidine rings is 1. The van der Waals surface area contributed by atoms with Crippen molar-refractivity contribution in [1.82, 2.24) is 9.80 Å². The van der Waals surface area contributed by atoms with Gasteiger partial charge in [-0.25, -0.2) is 8.42 Å². The fraction of sp³-hybridized carbons (Fsp3) is 0.833. The smallest absolute Gasteiger partial charge is 0.172 e. The Morgan fingerprint density at radius 3 is 2.71 bits per heavy atom. The van der Waals surface area contributed by atoms with Crippen molar-refractivity contribution in [2.75, 3.05) is 32.9 Å². The molecule has 0 bridgehead atoms. The van der Waals surface area contributed by atoms with Gasteiger partial charge < -0.3 is 9.80 Å². The summed E-state index contributed by atoms with van der Waals surface area (Å²) in [5.41, 5.74) is 0. The summed E-state index contributed by atoms with van der Waals surface area (Å²) in [5.74, 6) is 0.174. The number of likely N-dealkylation sites (tertiary alicyclic amines) is 1. The molecule has 100 valence electrons. The van der Waals surface area contributed by atoms with E-state index < -0.39 is 9.84 Å². The lowest BCUT2D eigenvalue weighted by atomic mass is 9.98. The van der Waals surface area contributed by atoms with Crippen molar-refractivity contribution in [2.45, 2.75) is 31.8 Å². The first-order chi connectivity index (χ1) is 7.85. The molecule has 5 heteroatoms. The maximum Gasteiger partial charge on any atom is 0.172 e. The largest absolute Gasteiger partial charge is 0.304 e. The van der Waals surface area contributed by atoms with E-state index in [1.807, 2.05) is 7.05 Å². The molecule has 1 fully saturated rings. The zero-order valence-corrected chi connectivity index (χ0v) is 11.9. The van der Waals surface area contributed by atoms with Gasteiger partial charge in [0.15, 0.2) is 9.84 Å². The van der Waals surface area contributed by atoms with Crippen LogP contribution >= 0.6 is 0 Å². The predicted molar refractivity (Wildman–Crippen MR) is 71.7 cm³/mol. The monoisotopic (exact) mass is 260 g/mol. The summed E-state index contributed by atoms with van der Waals surface area (Å²) < 4.78 is 22.7. The molecule has 4 nitrogen and oxygen atoms in total. The molecule has 0 N–H and O–H groups in total. The SMILES string of the molecule is C=CS(=O)(=O)CCN(C)C1CCN(C)C(C)C1. The molecule has 1 aliphatic heterocycles. The second kappa shape index (κ2) is 5.98. The predicted octanol–water partition coefficient (Wildman–Crippen LogP) is 0.959. The first kappa shape index (κ1) is 14.7. The van der Waals surface area contributed by atoms with Crippen LogP contribution in [0.15, 0.2) is 12.0 Å². The Labute approximate surface area is 105 Å². The van der Waals surface area contributed by atoms with Crippen molar-refractivity contribution in [3.05, 3.63) is 12.0 Å². The third kappa shape index (κ3) is 4.41. The number of sulfone groups is 1. The maximum absolute atomic E-state index is 11.3. The standard InChI is InChI=1S/C12H24N2O2S/c1-5-17(15,16)9-8-14(4)12-6-7-13(3)11(2)10-12/h5,11-12H,1,6-10H2,2-4H3. The van der Waals surface area contributed by atoms with Crippen LogP contribution in [0.2, 0.25) is 0 Å². The van der Waals surface area contributed by atoms with E-state index in [0.29, 0.717) is 18.6 Å². The van der Waals surface area contributed by atoms with Crippen LogP contribution in [-0.2, 0) is 9.84 Å². The Morgan fingerprint density at radius 1 is 1.53 bits per heavy atom. The molecule has 0 aromatic rings. The van der Waals surface area contributed by atoms with Crippen LogP contribution in [0.4, 0.5) is 0 Å². The fourth-order valence-corrected chi connectivity index (χ4v) is 2.91. The van der Waals surface area contributed by atoms with E-state index in [0.717, 1.165) is 24.8 Å². The Hall–Kier alpha value is -0.390. The molecule has 17 heavy (non-hydrogen) atoms. The normalized spacial score (nSPS) is 27.3. The molecule has 0 spiro atoms. The molecule has 0 aliphatic carbocycles. The highest BCUT2D eigenvalue weighted by Crippen LogP contribution is 2.19. The van der Waals surface area contributed by atoms with Crippen LogP contribution in [0.25, 0.3) is 0 Å². The van der Waals surface area contributed by atoms with E-state index >= 15 is 0 Å². The van der Waals surface area contributed by atoms with Gasteiger partial charge in [0.05, 0.1) is 5.75 Å². The van der Waals surface area contributed by atoms with E-state index in [-0.39, 0.29) is 5.75 Å².